The third kappa shape index (κ3) is 3.71. The number of ether oxygens (including phenoxy) is 2. The molecule has 1 fully saturated rings. The van der Waals surface area contributed by atoms with Gasteiger partial charge in [0.1, 0.15) is 13.2 Å². The van der Waals surface area contributed by atoms with Crippen molar-refractivity contribution in [3.8, 4) is 11.5 Å². The molecule has 7 nitrogen and oxygen atoms in total. The van der Waals surface area contributed by atoms with Gasteiger partial charge in [-0.05, 0) is 30.5 Å². The Balaban J connectivity index is 1.62. The van der Waals surface area contributed by atoms with Gasteiger partial charge < -0.3 is 9.47 Å². The normalized spacial score (nSPS) is 16.7. The maximum absolute atomic E-state index is 12.3. The van der Waals surface area contributed by atoms with Crippen molar-refractivity contribution in [2.75, 3.05) is 13.2 Å². The summed E-state index contributed by atoms with van der Waals surface area (Å²) in [5.41, 5.74) is 1.35. The predicted octanol–water partition coefficient (Wildman–Crippen LogP) is 1.80. The first kappa shape index (κ1) is 18.8. The predicted molar refractivity (Wildman–Crippen MR) is 106 cm³/mol. The Labute approximate surface area is 164 Å². The third-order valence-electron chi connectivity index (χ3n) is 5.82. The van der Waals surface area contributed by atoms with E-state index in [1.165, 1.54) is 19.9 Å². The average Bonchev–Trinajstić information content (AvgIpc) is 3.24. The van der Waals surface area contributed by atoms with E-state index in [-0.39, 0.29) is 11.2 Å². The lowest BCUT2D eigenvalue weighted by molar-refractivity contribution is 0.166. The number of hydrogen-bond donors (Lipinski definition) is 0. The molecule has 0 N–H and O–H groups in total. The molecule has 1 aliphatic carbocycles. The third-order valence-corrected chi connectivity index (χ3v) is 5.82. The first-order chi connectivity index (χ1) is 13.5. The van der Waals surface area contributed by atoms with Gasteiger partial charge in [0.25, 0.3) is 5.56 Å². The lowest BCUT2D eigenvalue weighted by atomic mass is 10.1. The van der Waals surface area contributed by atoms with Gasteiger partial charge in [-0.1, -0.05) is 18.9 Å². The van der Waals surface area contributed by atoms with E-state index < -0.39 is 0 Å². The molecule has 7 heteroatoms. The van der Waals surface area contributed by atoms with Crippen LogP contribution in [0, 0.1) is 0 Å². The number of fused-ring (bicyclic) bond motifs is 1. The molecule has 0 atom stereocenters. The maximum atomic E-state index is 12.3. The lowest BCUT2D eigenvalue weighted by Crippen LogP contribution is -2.40. The molecule has 0 bridgehead atoms. The van der Waals surface area contributed by atoms with Crippen LogP contribution in [-0.4, -0.2) is 33.3 Å². The smallest absolute Gasteiger partial charge is 0.330 e. The van der Waals surface area contributed by atoms with Crippen LogP contribution in [0.4, 0.5) is 0 Å². The summed E-state index contributed by atoms with van der Waals surface area (Å²) in [5, 5.41) is 0. The first-order valence-corrected chi connectivity index (χ1v) is 9.91. The van der Waals surface area contributed by atoms with Crippen LogP contribution in [0.2, 0.25) is 0 Å². The minimum absolute atomic E-state index is 0.260. The molecule has 2 aliphatic rings. The molecule has 1 aliphatic heterocycles. The SMILES string of the molecule is Cn1c(CN(Cc2ccc3c(c2)OCCO3)C2CCCC2)cc(=O)n(C)c1=O. The molecule has 0 radical (unpaired) electrons. The fourth-order valence-corrected chi connectivity index (χ4v) is 4.14. The Morgan fingerprint density at radius 3 is 2.43 bits per heavy atom. The fraction of sp³-hybridized carbons (Fsp3) is 0.524. The molecular weight excluding hydrogens is 358 g/mol. The molecule has 150 valence electrons. The Morgan fingerprint density at radius 1 is 0.964 bits per heavy atom. The largest absolute Gasteiger partial charge is 0.486 e. The van der Waals surface area contributed by atoms with Crippen molar-refractivity contribution < 1.29 is 9.47 Å². The highest BCUT2D eigenvalue weighted by Crippen LogP contribution is 2.32. The molecule has 0 spiro atoms. The zero-order valence-corrected chi connectivity index (χ0v) is 16.5. The summed E-state index contributed by atoms with van der Waals surface area (Å²) in [6.45, 7) is 2.46. The van der Waals surface area contributed by atoms with Gasteiger partial charge in [-0.15, -0.1) is 0 Å². The number of hydrogen-bond acceptors (Lipinski definition) is 5. The monoisotopic (exact) mass is 385 g/mol. The second-order valence-corrected chi connectivity index (χ2v) is 7.70. The standard InChI is InChI=1S/C21H27N3O4/c1-22-17(12-20(25)23(2)21(22)26)14-24(16-5-3-4-6-16)13-15-7-8-18-19(11-15)28-10-9-27-18/h7-8,11-12,16H,3-6,9-10,13-14H2,1-2H3. The van der Waals surface area contributed by atoms with Crippen molar-refractivity contribution in [2.24, 2.45) is 14.1 Å². The van der Waals surface area contributed by atoms with Gasteiger partial charge in [-0.25, -0.2) is 4.79 Å². The molecule has 1 aromatic carbocycles. The molecule has 28 heavy (non-hydrogen) atoms. The maximum Gasteiger partial charge on any atom is 0.330 e. The molecule has 0 unspecified atom stereocenters. The summed E-state index contributed by atoms with van der Waals surface area (Å²) in [4.78, 5) is 26.8. The highest BCUT2D eigenvalue weighted by Gasteiger charge is 2.24. The Hall–Kier alpha value is -2.54. The van der Waals surface area contributed by atoms with Crippen LogP contribution in [-0.2, 0) is 27.2 Å². The lowest BCUT2D eigenvalue weighted by Gasteiger charge is -2.30. The van der Waals surface area contributed by atoms with Gasteiger partial charge >= 0.3 is 5.69 Å². The van der Waals surface area contributed by atoms with Crippen LogP contribution in [0.1, 0.15) is 36.9 Å². The second-order valence-electron chi connectivity index (χ2n) is 7.70. The van der Waals surface area contributed by atoms with E-state index in [1.54, 1.807) is 17.7 Å². The second kappa shape index (κ2) is 7.83. The Morgan fingerprint density at radius 2 is 1.68 bits per heavy atom. The van der Waals surface area contributed by atoms with Gasteiger partial charge in [0.15, 0.2) is 11.5 Å². The molecule has 2 aromatic rings. The van der Waals surface area contributed by atoms with Gasteiger partial charge in [0.2, 0.25) is 0 Å². The van der Waals surface area contributed by atoms with Gasteiger partial charge in [-0.3, -0.25) is 18.8 Å². The van der Waals surface area contributed by atoms with Crippen molar-refractivity contribution in [1.29, 1.82) is 0 Å². The van der Waals surface area contributed by atoms with Crippen LogP contribution in [0.3, 0.4) is 0 Å². The average molecular weight is 385 g/mol. The van der Waals surface area contributed by atoms with Crippen molar-refractivity contribution in [2.45, 2.75) is 44.8 Å². The molecule has 1 aromatic heterocycles. The van der Waals surface area contributed by atoms with E-state index >= 15 is 0 Å². The van der Waals surface area contributed by atoms with Gasteiger partial charge in [0.05, 0.1) is 0 Å². The number of rotatable bonds is 5. The quantitative estimate of drug-likeness (QED) is 0.785. The topological polar surface area (TPSA) is 65.7 Å². The van der Waals surface area contributed by atoms with E-state index in [0.717, 1.165) is 46.7 Å². The molecule has 2 heterocycles. The molecule has 4 rings (SSSR count). The van der Waals surface area contributed by atoms with E-state index in [2.05, 4.69) is 11.0 Å². The summed E-state index contributed by atoms with van der Waals surface area (Å²) in [5.74, 6) is 1.58. The van der Waals surface area contributed by atoms with Crippen LogP contribution < -0.4 is 20.7 Å². The van der Waals surface area contributed by atoms with Crippen molar-refractivity contribution in [3.05, 3.63) is 56.4 Å². The zero-order valence-electron chi connectivity index (χ0n) is 16.5. The van der Waals surface area contributed by atoms with Crippen LogP contribution in [0.25, 0.3) is 0 Å². The van der Waals surface area contributed by atoms with Crippen molar-refractivity contribution >= 4 is 0 Å². The first-order valence-electron chi connectivity index (χ1n) is 9.91. The Bertz CT molecular complexity index is 973. The van der Waals surface area contributed by atoms with E-state index in [0.29, 0.717) is 25.8 Å². The zero-order chi connectivity index (χ0) is 19.7. The minimum Gasteiger partial charge on any atom is -0.486 e. The minimum atomic E-state index is -0.284. The Kier molecular flexibility index (Phi) is 5.26. The highest BCUT2D eigenvalue weighted by molar-refractivity contribution is 5.43. The van der Waals surface area contributed by atoms with E-state index in [9.17, 15) is 9.59 Å². The summed E-state index contributed by atoms with van der Waals surface area (Å²) >= 11 is 0. The van der Waals surface area contributed by atoms with Crippen molar-refractivity contribution in [1.82, 2.24) is 14.0 Å². The summed E-state index contributed by atoms with van der Waals surface area (Å²) in [6, 6.07) is 8.10. The van der Waals surface area contributed by atoms with Gasteiger partial charge in [0, 0.05) is 45.0 Å². The van der Waals surface area contributed by atoms with E-state index in [1.807, 2.05) is 12.1 Å². The highest BCUT2D eigenvalue weighted by atomic mass is 16.6. The summed E-state index contributed by atoms with van der Waals surface area (Å²) < 4.78 is 14.1. The number of aromatic nitrogens is 2. The van der Waals surface area contributed by atoms with Crippen LogP contribution >= 0.6 is 0 Å². The summed E-state index contributed by atoms with van der Waals surface area (Å²) in [7, 11) is 3.24. The summed E-state index contributed by atoms with van der Waals surface area (Å²) in [6.07, 6.45) is 4.72. The molecule has 0 amide bonds. The number of benzene rings is 1. The number of nitrogens with zero attached hydrogens (tertiary/aromatic N) is 3. The van der Waals surface area contributed by atoms with E-state index in [4.69, 9.17) is 9.47 Å². The van der Waals surface area contributed by atoms with Crippen LogP contribution in [0.5, 0.6) is 11.5 Å². The molecule has 0 saturated heterocycles. The van der Waals surface area contributed by atoms with Crippen LogP contribution in [0.15, 0.2) is 33.9 Å². The molecule has 1 saturated carbocycles. The molecular formula is C21H27N3O4. The fourth-order valence-electron chi connectivity index (χ4n) is 4.14. The van der Waals surface area contributed by atoms with Crippen molar-refractivity contribution in [3.63, 3.8) is 0 Å². The van der Waals surface area contributed by atoms with Gasteiger partial charge in [-0.2, -0.15) is 0 Å².